The first-order chi connectivity index (χ1) is 16.9. The highest BCUT2D eigenvalue weighted by molar-refractivity contribution is 7.89. The molecule has 1 unspecified atom stereocenters. The molecule has 1 aliphatic heterocycles. The highest BCUT2D eigenvalue weighted by Gasteiger charge is 2.30. The van der Waals surface area contributed by atoms with Gasteiger partial charge < -0.3 is 15.0 Å². The summed E-state index contributed by atoms with van der Waals surface area (Å²) in [5, 5.41) is 2.86. The monoisotopic (exact) mass is 499 g/mol. The molecule has 1 saturated carbocycles. The summed E-state index contributed by atoms with van der Waals surface area (Å²) < 4.78 is 34.2. The van der Waals surface area contributed by atoms with Crippen LogP contribution in [0.5, 0.6) is 5.75 Å². The maximum atomic E-state index is 13.3. The number of ether oxygens (including phenoxy) is 1. The van der Waals surface area contributed by atoms with E-state index < -0.39 is 22.0 Å². The van der Waals surface area contributed by atoms with E-state index in [4.69, 9.17) is 4.74 Å². The predicted octanol–water partition coefficient (Wildman–Crippen LogP) is 2.88. The third-order valence-electron chi connectivity index (χ3n) is 6.70. The molecule has 0 spiro atoms. The summed E-state index contributed by atoms with van der Waals surface area (Å²) in [6.07, 6.45) is 5.81. The standard InChI is InChI=1S/C26H33N3O5S/c1-34-23-14-13-20(18-24(23)35(32,33)28-21-11-5-6-12-21)25(30)27-22(17-19-9-3-2-4-10-19)26(31)29-15-7-8-16-29/h2-4,9-10,13-14,18,21-22,28H,5-8,11-12,15-17H2,1H3,(H,27,30). The maximum absolute atomic E-state index is 13.3. The molecule has 2 fully saturated rings. The smallest absolute Gasteiger partial charge is 0.251 e. The Labute approximate surface area is 207 Å². The second-order valence-electron chi connectivity index (χ2n) is 9.22. The fraction of sp³-hybridized carbons (Fsp3) is 0.462. The van der Waals surface area contributed by atoms with Gasteiger partial charge in [-0.3, -0.25) is 9.59 Å². The van der Waals surface area contributed by atoms with E-state index in [2.05, 4.69) is 10.0 Å². The molecule has 1 heterocycles. The van der Waals surface area contributed by atoms with Gasteiger partial charge in [-0.2, -0.15) is 0 Å². The summed E-state index contributed by atoms with van der Waals surface area (Å²) in [5.74, 6) is -0.455. The van der Waals surface area contributed by atoms with Crippen molar-refractivity contribution in [1.29, 1.82) is 0 Å². The largest absolute Gasteiger partial charge is 0.495 e. The molecule has 2 aliphatic rings. The normalized spacial score (nSPS) is 17.3. The fourth-order valence-electron chi connectivity index (χ4n) is 4.80. The molecule has 2 amide bonds. The molecule has 9 heteroatoms. The molecule has 0 bridgehead atoms. The summed E-state index contributed by atoms with van der Waals surface area (Å²) >= 11 is 0. The van der Waals surface area contributed by atoms with Crippen molar-refractivity contribution < 1.29 is 22.7 Å². The van der Waals surface area contributed by atoms with Crippen LogP contribution in [0.3, 0.4) is 0 Å². The number of amides is 2. The van der Waals surface area contributed by atoms with Crippen molar-refractivity contribution in [1.82, 2.24) is 14.9 Å². The molecule has 1 aliphatic carbocycles. The van der Waals surface area contributed by atoms with Crippen molar-refractivity contribution in [3.8, 4) is 5.75 Å². The molecule has 0 aromatic heterocycles. The lowest BCUT2D eigenvalue weighted by Gasteiger charge is -2.24. The minimum absolute atomic E-state index is 0.0787. The Bertz CT molecular complexity index is 1140. The lowest BCUT2D eigenvalue weighted by molar-refractivity contribution is -0.132. The third kappa shape index (κ3) is 6.21. The molecule has 4 rings (SSSR count). The lowest BCUT2D eigenvalue weighted by atomic mass is 10.0. The van der Waals surface area contributed by atoms with Gasteiger partial charge in [0.25, 0.3) is 5.91 Å². The first kappa shape index (κ1) is 25.2. The number of carbonyl (C=O) groups is 2. The van der Waals surface area contributed by atoms with E-state index in [9.17, 15) is 18.0 Å². The van der Waals surface area contributed by atoms with Crippen molar-refractivity contribution in [2.24, 2.45) is 0 Å². The Kier molecular flexibility index (Phi) is 8.07. The number of benzene rings is 2. The number of hydrogen-bond acceptors (Lipinski definition) is 5. The third-order valence-corrected chi connectivity index (χ3v) is 8.24. The van der Waals surface area contributed by atoms with E-state index >= 15 is 0 Å². The molecule has 1 saturated heterocycles. The highest BCUT2D eigenvalue weighted by Crippen LogP contribution is 2.27. The van der Waals surface area contributed by atoms with E-state index in [-0.39, 0.29) is 28.2 Å². The van der Waals surface area contributed by atoms with Crippen LogP contribution in [0, 0.1) is 0 Å². The number of carbonyl (C=O) groups excluding carboxylic acids is 2. The number of methoxy groups -OCH3 is 1. The number of nitrogens with one attached hydrogen (secondary N) is 2. The van der Waals surface area contributed by atoms with Gasteiger partial charge in [0.05, 0.1) is 7.11 Å². The molecule has 8 nitrogen and oxygen atoms in total. The van der Waals surface area contributed by atoms with Gasteiger partial charge in [-0.1, -0.05) is 43.2 Å². The van der Waals surface area contributed by atoms with Crippen LogP contribution in [-0.2, 0) is 21.2 Å². The molecule has 1 atom stereocenters. The topological polar surface area (TPSA) is 105 Å². The molecule has 188 valence electrons. The SMILES string of the molecule is COc1ccc(C(=O)NC(Cc2ccccc2)C(=O)N2CCCC2)cc1S(=O)(=O)NC1CCCC1. The Morgan fingerprint density at radius 3 is 2.37 bits per heavy atom. The second-order valence-corrected chi connectivity index (χ2v) is 10.9. The Balaban J connectivity index is 1.57. The molecule has 2 N–H and O–H groups in total. The lowest BCUT2D eigenvalue weighted by Crippen LogP contribution is -2.49. The summed E-state index contributed by atoms with van der Waals surface area (Å²) in [6, 6.07) is 13.0. The van der Waals surface area contributed by atoms with E-state index in [0.29, 0.717) is 19.5 Å². The first-order valence-corrected chi connectivity index (χ1v) is 13.7. The van der Waals surface area contributed by atoms with E-state index in [1.54, 1.807) is 4.90 Å². The minimum Gasteiger partial charge on any atom is -0.495 e. The van der Waals surface area contributed by atoms with Crippen molar-refractivity contribution in [2.45, 2.75) is 61.9 Å². The Morgan fingerprint density at radius 1 is 1.03 bits per heavy atom. The highest BCUT2D eigenvalue weighted by atomic mass is 32.2. The van der Waals surface area contributed by atoms with Crippen LogP contribution in [0.4, 0.5) is 0 Å². The number of likely N-dealkylation sites (tertiary alicyclic amines) is 1. The Morgan fingerprint density at radius 2 is 1.71 bits per heavy atom. The van der Waals surface area contributed by atoms with Crippen LogP contribution < -0.4 is 14.8 Å². The van der Waals surface area contributed by atoms with Gasteiger partial charge in [0.15, 0.2) is 0 Å². The maximum Gasteiger partial charge on any atom is 0.251 e. The van der Waals surface area contributed by atoms with Gasteiger partial charge in [0, 0.05) is 31.1 Å². The fourth-order valence-corrected chi connectivity index (χ4v) is 6.30. The number of sulfonamides is 1. The number of nitrogens with zero attached hydrogens (tertiary/aromatic N) is 1. The summed E-state index contributed by atoms with van der Waals surface area (Å²) in [7, 11) is -2.48. The zero-order chi connectivity index (χ0) is 24.8. The van der Waals surface area contributed by atoms with Gasteiger partial charge in [-0.25, -0.2) is 13.1 Å². The summed E-state index contributed by atoms with van der Waals surface area (Å²) in [5.41, 5.74) is 1.09. The predicted molar refractivity (Wildman–Crippen MR) is 133 cm³/mol. The molecular formula is C26H33N3O5S. The number of hydrogen-bond donors (Lipinski definition) is 2. The van der Waals surface area contributed by atoms with Gasteiger partial charge >= 0.3 is 0 Å². The van der Waals surface area contributed by atoms with Gasteiger partial charge in [-0.15, -0.1) is 0 Å². The van der Waals surface area contributed by atoms with E-state index in [1.807, 2.05) is 30.3 Å². The van der Waals surface area contributed by atoms with E-state index in [0.717, 1.165) is 44.1 Å². The average molecular weight is 500 g/mol. The molecule has 0 radical (unpaired) electrons. The van der Waals surface area contributed by atoms with Gasteiger partial charge in [-0.05, 0) is 49.4 Å². The quantitative estimate of drug-likeness (QED) is 0.552. The summed E-state index contributed by atoms with van der Waals surface area (Å²) in [6.45, 7) is 1.36. The van der Waals surface area contributed by atoms with Crippen LogP contribution in [0.25, 0.3) is 0 Å². The number of rotatable bonds is 9. The van der Waals surface area contributed by atoms with Crippen LogP contribution in [-0.4, -0.2) is 57.4 Å². The molecule has 2 aromatic carbocycles. The van der Waals surface area contributed by atoms with Crippen molar-refractivity contribution in [2.75, 3.05) is 20.2 Å². The van der Waals surface area contributed by atoms with Gasteiger partial charge in [0.2, 0.25) is 15.9 Å². The molecule has 35 heavy (non-hydrogen) atoms. The molecular weight excluding hydrogens is 466 g/mol. The van der Waals surface area contributed by atoms with Crippen molar-refractivity contribution >= 4 is 21.8 Å². The van der Waals surface area contributed by atoms with Crippen molar-refractivity contribution in [3.05, 3.63) is 59.7 Å². The van der Waals surface area contributed by atoms with Crippen LogP contribution in [0.1, 0.15) is 54.4 Å². The second kappa shape index (κ2) is 11.2. The minimum atomic E-state index is -3.88. The van der Waals surface area contributed by atoms with Crippen LogP contribution in [0.15, 0.2) is 53.4 Å². The zero-order valence-corrected chi connectivity index (χ0v) is 20.9. The zero-order valence-electron chi connectivity index (χ0n) is 20.0. The first-order valence-electron chi connectivity index (χ1n) is 12.2. The Hall–Kier alpha value is -2.91. The van der Waals surface area contributed by atoms with Crippen molar-refractivity contribution in [3.63, 3.8) is 0 Å². The van der Waals surface area contributed by atoms with Crippen LogP contribution in [0.2, 0.25) is 0 Å². The molecule has 2 aromatic rings. The van der Waals surface area contributed by atoms with E-state index in [1.165, 1.54) is 25.3 Å². The van der Waals surface area contributed by atoms with Gasteiger partial charge in [0.1, 0.15) is 16.7 Å². The average Bonchev–Trinajstić information content (AvgIpc) is 3.58. The summed E-state index contributed by atoms with van der Waals surface area (Å²) in [4.78, 5) is 28.2. The van der Waals surface area contributed by atoms with Crippen LogP contribution >= 0.6 is 0 Å².